The van der Waals surface area contributed by atoms with Crippen molar-refractivity contribution in [3.05, 3.63) is 29.8 Å². The summed E-state index contributed by atoms with van der Waals surface area (Å²) < 4.78 is 5.16. The Morgan fingerprint density at radius 3 is 2.86 bits per heavy atom. The largest absolute Gasteiger partial charge is 0.497 e. The molecule has 0 heterocycles. The Labute approximate surface area is 86.1 Å². The summed E-state index contributed by atoms with van der Waals surface area (Å²) in [5.41, 5.74) is 1.28. The molecule has 0 aliphatic heterocycles. The molecule has 0 aromatic heterocycles. The van der Waals surface area contributed by atoms with Gasteiger partial charge >= 0.3 is 0 Å². The third-order valence-electron chi connectivity index (χ3n) is 2.07. The molecule has 0 spiro atoms. The molecule has 1 unspecified atom stereocenters. The van der Waals surface area contributed by atoms with Crippen molar-refractivity contribution in [3.63, 3.8) is 0 Å². The van der Waals surface area contributed by atoms with Gasteiger partial charge in [0.05, 0.1) is 7.11 Å². The Balaban J connectivity index is 2.69. The zero-order valence-electron chi connectivity index (χ0n) is 9.00. The minimum atomic E-state index is 0.409. The molecule has 1 heteroatoms. The predicted molar refractivity (Wildman–Crippen MR) is 59.3 cm³/mol. The number of hydrogen-bond donors (Lipinski definition) is 0. The minimum Gasteiger partial charge on any atom is -0.497 e. The van der Waals surface area contributed by atoms with Gasteiger partial charge in [0.1, 0.15) is 5.75 Å². The van der Waals surface area contributed by atoms with Gasteiger partial charge in [0.2, 0.25) is 0 Å². The lowest BCUT2D eigenvalue weighted by molar-refractivity contribution is 0.414. The molecule has 0 aliphatic carbocycles. The molecule has 1 nitrogen and oxygen atoms in total. The van der Waals surface area contributed by atoms with Crippen LogP contribution in [0, 0.1) is 17.8 Å². The quantitative estimate of drug-likeness (QED) is 0.663. The highest BCUT2D eigenvalue weighted by atomic mass is 16.5. The standard InChI is InChI=1S/C13H16O/c1-4-6-11(2)9-12-7-5-8-13(10-12)14-3/h5,7-8,10-11H,9H2,1-3H3. The fourth-order valence-electron chi connectivity index (χ4n) is 1.45. The highest BCUT2D eigenvalue weighted by Crippen LogP contribution is 2.15. The number of methoxy groups -OCH3 is 1. The van der Waals surface area contributed by atoms with Crippen LogP contribution in [0.1, 0.15) is 19.4 Å². The average molecular weight is 188 g/mol. The maximum Gasteiger partial charge on any atom is 0.119 e. The van der Waals surface area contributed by atoms with E-state index in [1.54, 1.807) is 7.11 Å². The fraction of sp³-hybridized carbons (Fsp3) is 0.385. The van der Waals surface area contributed by atoms with E-state index in [1.165, 1.54) is 5.56 Å². The van der Waals surface area contributed by atoms with E-state index in [-0.39, 0.29) is 0 Å². The van der Waals surface area contributed by atoms with E-state index >= 15 is 0 Å². The van der Waals surface area contributed by atoms with Gasteiger partial charge in [0.15, 0.2) is 0 Å². The molecule has 0 bridgehead atoms. The summed E-state index contributed by atoms with van der Waals surface area (Å²) in [4.78, 5) is 0. The van der Waals surface area contributed by atoms with Crippen molar-refractivity contribution < 1.29 is 4.74 Å². The van der Waals surface area contributed by atoms with E-state index in [2.05, 4.69) is 30.9 Å². The van der Waals surface area contributed by atoms with Gasteiger partial charge in [-0.25, -0.2) is 0 Å². The second-order valence-corrected chi connectivity index (χ2v) is 3.35. The molecule has 14 heavy (non-hydrogen) atoms. The van der Waals surface area contributed by atoms with Gasteiger partial charge in [-0.2, -0.15) is 0 Å². The lowest BCUT2D eigenvalue weighted by Crippen LogP contribution is -1.96. The van der Waals surface area contributed by atoms with Crippen molar-refractivity contribution in [1.29, 1.82) is 0 Å². The molecule has 0 fully saturated rings. The summed E-state index contributed by atoms with van der Waals surface area (Å²) in [6.45, 7) is 4.01. The molecular formula is C13H16O. The number of ether oxygens (including phenoxy) is 1. The SMILES string of the molecule is CC#CC(C)Cc1cccc(OC)c1. The summed E-state index contributed by atoms with van der Waals surface area (Å²) in [6.07, 6.45) is 0.984. The molecule has 0 saturated heterocycles. The van der Waals surface area contributed by atoms with E-state index in [1.807, 2.05) is 19.1 Å². The molecule has 74 valence electrons. The average Bonchev–Trinajstić information content (AvgIpc) is 2.18. The first-order valence-electron chi connectivity index (χ1n) is 4.81. The Kier molecular flexibility index (Phi) is 4.07. The maximum absolute atomic E-state index is 5.16. The molecule has 0 radical (unpaired) electrons. The number of rotatable bonds is 3. The van der Waals surface area contributed by atoms with Crippen LogP contribution in [-0.4, -0.2) is 7.11 Å². The molecule has 1 rings (SSSR count). The second-order valence-electron chi connectivity index (χ2n) is 3.35. The van der Waals surface area contributed by atoms with Crippen molar-refractivity contribution in [3.8, 4) is 17.6 Å². The van der Waals surface area contributed by atoms with Crippen LogP contribution in [0.3, 0.4) is 0 Å². The Morgan fingerprint density at radius 2 is 2.21 bits per heavy atom. The predicted octanol–water partition coefficient (Wildman–Crippen LogP) is 2.90. The van der Waals surface area contributed by atoms with Crippen LogP contribution < -0.4 is 4.74 Å². The van der Waals surface area contributed by atoms with Gasteiger partial charge in [-0.3, -0.25) is 0 Å². The Hall–Kier alpha value is -1.42. The zero-order chi connectivity index (χ0) is 10.4. The summed E-state index contributed by atoms with van der Waals surface area (Å²) in [6, 6.07) is 8.14. The normalized spacial score (nSPS) is 11.4. The highest BCUT2D eigenvalue weighted by Gasteiger charge is 2.00. The molecule has 1 atom stereocenters. The van der Waals surface area contributed by atoms with E-state index in [0.717, 1.165) is 12.2 Å². The topological polar surface area (TPSA) is 9.23 Å². The van der Waals surface area contributed by atoms with Gasteiger partial charge in [-0.05, 0) is 31.0 Å². The molecule has 0 saturated carbocycles. The minimum absolute atomic E-state index is 0.409. The van der Waals surface area contributed by atoms with Gasteiger partial charge in [0, 0.05) is 5.92 Å². The van der Waals surface area contributed by atoms with Crippen LogP contribution in [0.5, 0.6) is 5.75 Å². The lowest BCUT2D eigenvalue weighted by atomic mass is 10.0. The monoisotopic (exact) mass is 188 g/mol. The van der Waals surface area contributed by atoms with Crippen molar-refractivity contribution in [2.45, 2.75) is 20.3 Å². The van der Waals surface area contributed by atoms with Gasteiger partial charge in [0.25, 0.3) is 0 Å². The van der Waals surface area contributed by atoms with Crippen LogP contribution in [0.25, 0.3) is 0 Å². The molecule has 1 aromatic rings. The van der Waals surface area contributed by atoms with Crippen LogP contribution in [-0.2, 0) is 6.42 Å². The van der Waals surface area contributed by atoms with Crippen LogP contribution in [0.2, 0.25) is 0 Å². The van der Waals surface area contributed by atoms with Crippen LogP contribution in [0.15, 0.2) is 24.3 Å². The first-order chi connectivity index (χ1) is 6.76. The maximum atomic E-state index is 5.16. The molecule has 0 aliphatic rings. The summed E-state index contributed by atoms with van der Waals surface area (Å²) in [7, 11) is 1.69. The highest BCUT2D eigenvalue weighted by molar-refractivity contribution is 5.29. The van der Waals surface area contributed by atoms with Crippen molar-refractivity contribution >= 4 is 0 Å². The van der Waals surface area contributed by atoms with E-state index in [4.69, 9.17) is 4.74 Å². The van der Waals surface area contributed by atoms with E-state index < -0.39 is 0 Å². The molecule has 0 amide bonds. The zero-order valence-corrected chi connectivity index (χ0v) is 9.00. The Bertz CT molecular complexity index is 344. The first-order valence-corrected chi connectivity index (χ1v) is 4.81. The lowest BCUT2D eigenvalue weighted by Gasteiger charge is -2.06. The van der Waals surface area contributed by atoms with Gasteiger partial charge < -0.3 is 4.74 Å². The smallest absolute Gasteiger partial charge is 0.119 e. The summed E-state index contributed by atoms with van der Waals surface area (Å²) in [5, 5.41) is 0. The molecule has 1 aromatic carbocycles. The van der Waals surface area contributed by atoms with Gasteiger partial charge in [-0.15, -0.1) is 11.8 Å². The number of hydrogen-bond acceptors (Lipinski definition) is 1. The van der Waals surface area contributed by atoms with Crippen molar-refractivity contribution in [1.82, 2.24) is 0 Å². The Morgan fingerprint density at radius 1 is 1.43 bits per heavy atom. The van der Waals surface area contributed by atoms with E-state index in [0.29, 0.717) is 5.92 Å². The third-order valence-corrected chi connectivity index (χ3v) is 2.07. The van der Waals surface area contributed by atoms with Crippen molar-refractivity contribution in [2.24, 2.45) is 5.92 Å². The van der Waals surface area contributed by atoms with Gasteiger partial charge in [-0.1, -0.05) is 19.1 Å². The van der Waals surface area contributed by atoms with Crippen molar-refractivity contribution in [2.75, 3.05) is 7.11 Å². The van der Waals surface area contributed by atoms with E-state index in [9.17, 15) is 0 Å². The number of benzene rings is 1. The third kappa shape index (κ3) is 3.14. The van der Waals surface area contributed by atoms with Crippen LogP contribution in [0.4, 0.5) is 0 Å². The van der Waals surface area contributed by atoms with Crippen LogP contribution >= 0.6 is 0 Å². The molecule has 0 N–H and O–H groups in total. The second kappa shape index (κ2) is 5.34. The fourth-order valence-corrected chi connectivity index (χ4v) is 1.45. The first kappa shape index (κ1) is 10.7. The summed E-state index contributed by atoms with van der Waals surface area (Å²) in [5.74, 6) is 7.40. The molecular weight excluding hydrogens is 172 g/mol. The summed E-state index contributed by atoms with van der Waals surface area (Å²) >= 11 is 0.